The number of nitrogens with one attached hydrogen (secondary N) is 1. The highest BCUT2D eigenvalue weighted by molar-refractivity contribution is 7.17. The minimum absolute atomic E-state index is 0.346. The minimum Gasteiger partial charge on any atom is -0.494 e. The van der Waals surface area contributed by atoms with Gasteiger partial charge in [0.05, 0.1) is 12.1 Å². The number of piperazine rings is 1. The van der Waals surface area contributed by atoms with Gasteiger partial charge in [-0.15, -0.1) is 11.3 Å². The van der Waals surface area contributed by atoms with E-state index >= 15 is 0 Å². The third kappa shape index (κ3) is 6.29. The first kappa shape index (κ1) is 27.1. The van der Waals surface area contributed by atoms with Crippen molar-refractivity contribution in [2.75, 3.05) is 44.2 Å². The van der Waals surface area contributed by atoms with Crippen LogP contribution in [0.5, 0.6) is 5.75 Å². The number of pyridine rings is 1. The number of carbonyl (C=O) groups excluding carboxylic acids is 1. The fourth-order valence-corrected chi connectivity index (χ4v) is 6.27. The number of benzene rings is 3. The molecule has 6 rings (SSSR count). The summed E-state index contributed by atoms with van der Waals surface area (Å²) in [5, 5.41) is 7.20. The Morgan fingerprint density at radius 3 is 2.56 bits per heavy atom. The van der Waals surface area contributed by atoms with E-state index in [0.29, 0.717) is 24.4 Å². The van der Waals surface area contributed by atoms with Gasteiger partial charge in [0.25, 0.3) is 5.56 Å². The van der Waals surface area contributed by atoms with Crippen LogP contribution < -0.4 is 20.5 Å². The predicted molar refractivity (Wildman–Crippen MR) is 167 cm³/mol. The third-order valence-corrected chi connectivity index (χ3v) is 8.56. The average molecular weight is 567 g/mol. The Morgan fingerprint density at radius 1 is 0.878 bits per heavy atom. The highest BCUT2D eigenvalue weighted by Crippen LogP contribution is 2.31. The molecule has 0 atom stereocenters. The first-order valence-electron chi connectivity index (χ1n) is 14.2. The average Bonchev–Trinajstić information content (AvgIpc) is 3.50. The van der Waals surface area contributed by atoms with Gasteiger partial charge in [0.15, 0.2) is 0 Å². The lowest BCUT2D eigenvalue weighted by Gasteiger charge is -2.36. The standard InChI is InChI=1S/C33H34N4O3S/c38-32-14-12-26-11-13-27(23-30(26)37(32)33(39)34-24-25-7-2-1-3-8-25)40-21-5-4-16-35-17-19-36(20-18-35)29-9-6-10-31-28(29)15-22-41-31/h1-3,6-15,22-23H,4-5,16-21,24H2,(H,34,39). The molecule has 1 aliphatic heterocycles. The van der Waals surface area contributed by atoms with Gasteiger partial charge in [-0.1, -0.05) is 36.4 Å². The zero-order valence-corrected chi connectivity index (χ0v) is 23.8. The Bertz CT molecular complexity index is 1690. The molecule has 0 unspecified atom stereocenters. The number of hydrogen-bond acceptors (Lipinski definition) is 6. The van der Waals surface area contributed by atoms with E-state index in [0.717, 1.165) is 56.5 Å². The summed E-state index contributed by atoms with van der Waals surface area (Å²) < 4.78 is 8.58. The lowest BCUT2D eigenvalue weighted by Crippen LogP contribution is -2.46. The summed E-state index contributed by atoms with van der Waals surface area (Å²) in [6, 6.07) is 26.8. The molecule has 1 N–H and O–H groups in total. The van der Waals surface area contributed by atoms with Crippen molar-refractivity contribution >= 4 is 44.0 Å². The first-order valence-corrected chi connectivity index (χ1v) is 15.1. The van der Waals surface area contributed by atoms with E-state index in [9.17, 15) is 9.59 Å². The van der Waals surface area contributed by atoms with Crippen molar-refractivity contribution in [3.8, 4) is 5.75 Å². The van der Waals surface area contributed by atoms with Gasteiger partial charge >= 0.3 is 6.03 Å². The van der Waals surface area contributed by atoms with Crippen molar-refractivity contribution in [3.05, 3.63) is 106 Å². The number of hydrogen-bond donors (Lipinski definition) is 1. The van der Waals surface area contributed by atoms with Gasteiger partial charge in [0, 0.05) is 60.6 Å². The molecule has 7 nitrogen and oxygen atoms in total. The molecule has 41 heavy (non-hydrogen) atoms. The molecule has 1 saturated heterocycles. The zero-order valence-electron chi connectivity index (χ0n) is 23.0. The second-order valence-corrected chi connectivity index (χ2v) is 11.3. The van der Waals surface area contributed by atoms with Gasteiger partial charge in [-0.3, -0.25) is 9.69 Å². The molecule has 0 bridgehead atoms. The molecular formula is C33H34N4O3S. The quantitative estimate of drug-likeness (QED) is 0.223. The molecule has 0 radical (unpaired) electrons. The lowest BCUT2D eigenvalue weighted by atomic mass is 10.2. The van der Waals surface area contributed by atoms with Crippen molar-refractivity contribution < 1.29 is 9.53 Å². The van der Waals surface area contributed by atoms with Crippen LogP contribution in [0.2, 0.25) is 0 Å². The van der Waals surface area contributed by atoms with Crippen molar-refractivity contribution in [1.82, 2.24) is 14.8 Å². The van der Waals surface area contributed by atoms with Crippen molar-refractivity contribution in [3.63, 3.8) is 0 Å². The number of unbranched alkanes of at least 4 members (excludes halogenated alkanes) is 1. The van der Waals surface area contributed by atoms with Crippen molar-refractivity contribution in [1.29, 1.82) is 0 Å². The van der Waals surface area contributed by atoms with Crippen LogP contribution in [0.1, 0.15) is 18.4 Å². The monoisotopic (exact) mass is 566 g/mol. The summed E-state index contributed by atoms with van der Waals surface area (Å²) in [6.45, 7) is 6.21. The Balaban J connectivity index is 0.990. The molecule has 210 valence electrons. The lowest BCUT2D eigenvalue weighted by molar-refractivity contribution is 0.238. The van der Waals surface area contributed by atoms with E-state index in [1.54, 1.807) is 23.5 Å². The van der Waals surface area contributed by atoms with Crippen LogP contribution in [-0.4, -0.2) is 54.8 Å². The van der Waals surface area contributed by atoms with E-state index in [1.165, 1.54) is 26.4 Å². The smallest absolute Gasteiger partial charge is 0.329 e. The summed E-state index contributed by atoms with van der Waals surface area (Å²) >= 11 is 1.80. The number of carbonyl (C=O) groups is 1. The van der Waals surface area contributed by atoms with Crippen LogP contribution in [0.3, 0.4) is 0 Å². The van der Waals surface area contributed by atoms with Crippen LogP contribution in [-0.2, 0) is 6.54 Å². The molecule has 3 heterocycles. The molecule has 8 heteroatoms. The molecule has 0 saturated carbocycles. The predicted octanol–water partition coefficient (Wildman–Crippen LogP) is 5.96. The second kappa shape index (κ2) is 12.6. The number of ether oxygens (including phenoxy) is 1. The minimum atomic E-state index is -0.450. The summed E-state index contributed by atoms with van der Waals surface area (Å²) in [7, 11) is 0. The van der Waals surface area contributed by atoms with Gasteiger partial charge < -0.3 is 15.0 Å². The SMILES string of the molecule is O=C(NCc1ccccc1)n1c(=O)ccc2ccc(OCCCCN3CCN(c4cccc5sccc45)CC3)cc21. The topological polar surface area (TPSA) is 66.8 Å². The van der Waals surface area contributed by atoms with Gasteiger partial charge in [-0.2, -0.15) is 0 Å². The van der Waals surface area contributed by atoms with Gasteiger partial charge in [-0.05, 0) is 72.1 Å². The largest absolute Gasteiger partial charge is 0.494 e. The van der Waals surface area contributed by atoms with Crippen LogP contribution in [0, 0.1) is 0 Å². The Morgan fingerprint density at radius 2 is 1.71 bits per heavy atom. The highest BCUT2D eigenvalue weighted by atomic mass is 32.1. The van der Waals surface area contributed by atoms with Gasteiger partial charge in [0.2, 0.25) is 0 Å². The summed E-state index contributed by atoms with van der Waals surface area (Å²) in [4.78, 5) is 30.7. The molecule has 3 aromatic carbocycles. The van der Waals surface area contributed by atoms with Gasteiger partial charge in [0.1, 0.15) is 5.75 Å². The van der Waals surface area contributed by atoms with Crippen LogP contribution in [0.15, 0.2) is 95.1 Å². The van der Waals surface area contributed by atoms with E-state index in [2.05, 4.69) is 44.8 Å². The van der Waals surface area contributed by atoms with Gasteiger partial charge in [-0.25, -0.2) is 9.36 Å². The maximum Gasteiger partial charge on any atom is 0.329 e. The number of aromatic nitrogens is 1. The van der Waals surface area contributed by atoms with E-state index in [-0.39, 0.29) is 5.56 Å². The van der Waals surface area contributed by atoms with E-state index < -0.39 is 6.03 Å². The fraction of sp³-hybridized carbons (Fsp3) is 0.273. The number of anilines is 1. The van der Waals surface area contributed by atoms with Crippen molar-refractivity contribution in [2.45, 2.75) is 19.4 Å². The fourth-order valence-electron chi connectivity index (χ4n) is 5.46. The number of rotatable bonds is 9. The number of nitrogens with zero attached hydrogens (tertiary/aromatic N) is 3. The van der Waals surface area contributed by atoms with Crippen molar-refractivity contribution in [2.24, 2.45) is 0 Å². The summed E-state index contributed by atoms with van der Waals surface area (Å²) in [6.07, 6.45) is 1.99. The molecule has 1 fully saturated rings. The molecule has 2 aromatic heterocycles. The molecular weight excluding hydrogens is 532 g/mol. The molecule has 0 spiro atoms. The maximum atomic E-state index is 13.0. The number of fused-ring (bicyclic) bond motifs is 2. The molecule has 1 aliphatic rings. The molecule has 0 aliphatic carbocycles. The van der Waals surface area contributed by atoms with E-state index in [1.807, 2.05) is 42.5 Å². The van der Waals surface area contributed by atoms with Crippen LogP contribution in [0.4, 0.5) is 10.5 Å². The van der Waals surface area contributed by atoms with Crippen LogP contribution >= 0.6 is 11.3 Å². The maximum absolute atomic E-state index is 13.0. The second-order valence-electron chi connectivity index (χ2n) is 10.4. The molecule has 1 amide bonds. The van der Waals surface area contributed by atoms with Crippen LogP contribution in [0.25, 0.3) is 21.0 Å². The normalized spacial score (nSPS) is 14.0. The third-order valence-electron chi connectivity index (χ3n) is 7.68. The molecule has 5 aromatic rings. The number of amides is 1. The van der Waals surface area contributed by atoms with E-state index in [4.69, 9.17) is 4.74 Å². The first-order chi connectivity index (χ1) is 20.2. The summed E-state index contributed by atoms with van der Waals surface area (Å²) in [5.74, 6) is 0.656. The Hall–Kier alpha value is -4.14. The highest BCUT2D eigenvalue weighted by Gasteiger charge is 2.18. The zero-order chi connectivity index (χ0) is 28.0. The number of thiophene rings is 1. The summed E-state index contributed by atoms with van der Waals surface area (Å²) in [5.41, 5.74) is 2.49. The Kier molecular flexibility index (Phi) is 8.30. The Labute approximate surface area is 243 Å².